The van der Waals surface area contributed by atoms with Crippen molar-refractivity contribution in [2.45, 2.75) is 20.1 Å². The number of hydrogen-bond acceptors (Lipinski definition) is 6. The highest BCUT2D eigenvalue weighted by Crippen LogP contribution is 2.29. The molecule has 0 atom stereocenters. The van der Waals surface area contributed by atoms with E-state index in [1.54, 1.807) is 7.05 Å². The van der Waals surface area contributed by atoms with Gasteiger partial charge in [-0.2, -0.15) is 4.80 Å². The van der Waals surface area contributed by atoms with Crippen molar-refractivity contribution in [3.05, 3.63) is 29.6 Å². The summed E-state index contributed by atoms with van der Waals surface area (Å²) in [5, 5.41) is 14.8. The van der Waals surface area contributed by atoms with E-state index in [4.69, 9.17) is 9.47 Å². The quantitative estimate of drug-likeness (QED) is 0.811. The fourth-order valence-electron chi connectivity index (χ4n) is 1.78. The lowest BCUT2D eigenvalue weighted by Gasteiger charge is -2.12. The standard InChI is InChI=1S/C13H19N5O2/c1-4-19-12-7-10(8-14-2)5-6-11(12)20-9-13-15-17-18(3)16-13/h5-7,14H,4,8-9H2,1-3H3. The molecule has 108 valence electrons. The van der Waals surface area contributed by atoms with Crippen molar-refractivity contribution in [2.24, 2.45) is 7.05 Å². The molecule has 0 saturated carbocycles. The van der Waals surface area contributed by atoms with Crippen LogP contribution in [0.1, 0.15) is 18.3 Å². The molecule has 2 rings (SSSR count). The first-order valence-electron chi connectivity index (χ1n) is 6.49. The van der Waals surface area contributed by atoms with Crippen LogP contribution < -0.4 is 14.8 Å². The minimum Gasteiger partial charge on any atom is -0.490 e. The molecule has 0 aliphatic rings. The van der Waals surface area contributed by atoms with Gasteiger partial charge < -0.3 is 14.8 Å². The third-order valence-electron chi connectivity index (χ3n) is 2.60. The Hall–Kier alpha value is -2.15. The molecule has 0 aliphatic heterocycles. The average Bonchev–Trinajstić information content (AvgIpc) is 2.84. The summed E-state index contributed by atoms with van der Waals surface area (Å²) >= 11 is 0. The van der Waals surface area contributed by atoms with E-state index in [2.05, 4.69) is 20.7 Å². The molecular weight excluding hydrogens is 258 g/mol. The number of tetrazole rings is 1. The number of rotatable bonds is 7. The lowest BCUT2D eigenvalue weighted by molar-refractivity contribution is 0.262. The van der Waals surface area contributed by atoms with E-state index in [-0.39, 0.29) is 6.61 Å². The molecule has 7 heteroatoms. The summed E-state index contributed by atoms with van der Waals surface area (Å²) in [7, 11) is 3.62. The molecule has 0 bridgehead atoms. The monoisotopic (exact) mass is 277 g/mol. The topological polar surface area (TPSA) is 74.1 Å². The molecule has 2 aromatic rings. The number of nitrogens with zero attached hydrogens (tertiary/aromatic N) is 4. The Kier molecular flexibility index (Phi) is 4.89. The number of aryl methyl sites for hydroxylation is 1. The molecule has 0 fully saturated rings. The molecular formula is C13H19N5O2. The molecule has 7 nitrogen and oxygen atoms in total. The Bertz CT molecular complexity index is 555. The van der Waals surface area contributed by atoms with Crippen molar-refractivity contribution in [3.8, 4) is 11.5 Å². The fraction of sp³-hybridized carbons (Fsp3) is 0.462. The normalized spacial score (nSPS) is 10.6. The van der Waals surface area contributed by atoms with E-state index in [0.29, 0.717) is 18.2 Å². The first-order chi connectivity index (χ1) is 9.72. The van der Waals surface area contributed by atoms with Crippen molar-refractivity contribution in [2.75, 3.05) is 13.7 Å². The molecule has 1 aromatic heterocycles. The SMILES string of the molecule is CCOc1cc(CNC)ccc1OCc1nnn(C)n1. The van der Waals surface area contributed by atoms with Crippen LogP contribution in [-0.4, -0.2) is 33.9 Å². The van der Waals surface area contributed by atoms with E-state index in [9.17, 15) is 0 Å². The minimum atomic E-state index is 0.263. The van der Waals surface area contributed by atoms with Gasteiger partial charge in [0.05, 0.1) is 13.7 Å². The van der Waals surface area contributed by atoms with Gasteiger partial charge in [-0.3, -0.25) is 0 Å². The highest BCUT2D eigenvalue weighted by atomic mass is 16.5. The van der Waals surface area contributed by atoms with E-state index in [0.717, 1.165) is 17.9 Å². The summed E-state index contributed by atoms with van der Waals surface area (Å²) in [6.45, 7) is 3.58. The van der Waals surface area contributed by atoms with Gasteiger partial charge in [0, 0.05) is 6.54 Å². The largest absolute Gasteiger partial charge is 0.490 e. The number of nitrogens with one attached hydrogen (secondary N) is 1. The molecule has 0 aliphatic carbocycles. The summed E-state index contributed by atoms with van der Waals surface area (Å²) in [5.74, 6) is 1.94. The summed E-state index contributed by atoms with van der Waals surface area (Å²) in [6.07, 6.45) is 0. The maximum atomic E-state index is 5.70. The van der Waals surface area contributed by atoms with E-state index in [1.165, 1.54) is 4.80 Å². The Labute approximate surface area is 117 Å². The predicted octanol–water partition coefficient (Wildman–Crippen LogP) is 0.907. The van der Waals surface area contributed by atoms with E-state index >= 15 is 0 Å². The van der Waals surface area contributed by atoms with Gasteiger partial charge in [0.25, 0.3) is 0 Å². The number of benzene rings is 1. The number of ether oxygens (including phenoxy) is 2. The third-order valence-corrected chi connectivity index (χ3v) is 2.60. The van der Waals surface area contributed by atoms with Crippen molar-refractivity contribution < 1.29 is 9.47 Å². The highest BCUT2D eigenvalue weighted by Gasteiger charge is 2.08. The molecule has 0 spiro atoms. The summed E-state index contributed by atoms with van der Waals surface area (Å²) < 4.78 is 11.3. The molecule has 1 heterocycles. The smallest absolute Gasteiger partial charge is 0.212 e. The zero-order valence-electron chi connectivity index (χ0n) is 12.0. The van der Waals surface area contributed by atoms with Gasteiger partial charge >= 0.3 is 0 Å². The van der Waals surface area contributed by atoms with Crippen LogP contribution in [0.4, 0.5) is 0 Å². The molecule has 0 amide bonds. The summed E-state index contributed by atoms with van der Waals surface area (Å²) in [5.41, 5.74) is 1.14. The first-order valence-corrected chi connectivity index (χ1v) is 6.49. The molecule has 0 saturated heterocycles. The van der Waals surface area contributed by atoms with Gasteiger partial charge in [0.15, 0.2) is 18.1 Å². The fourth-order valence-corrected chi connectivity index (χ4v) is 1.78. The van der Waals surface area contributed by atoms with Crippen LogP contribution in [0, 0.1) is 0 Å². The number of aromatic nitrogens is 4. The van der Waals surface area contributed by atoms with Gasteiger partial charge in [0.2, 0.25) is 5.82 Å². The van der Waals surface area contributed by atoms with Crippen LogP contribution in [-0.2, 0) is 20.2 Å². The molecule has 0 radical (unpaired) electrons. The van der Waals surface area contributed by atoms with Gasteiger partial charge in [0.1, 0.15) is 0 Å². The van der Waals surface area contributed by atoms with Crippen LogP contribution in [0.25, 0.3) is 0 Å². The molecule has 0 unspecified atom stereocenters. The second kappa shape index (κ2) is 6.85. The van der Waals surface area contributed by atoms with Crippen LogP contribution in [0.3, 0.4) is 0 Å². The zero-order valence-corrected chi connectivity index (χ0v) is 12.0. The van der Waals surface area contributed by atoms with Crippen molar-refractivity contribution >= 4 is 0 Å². The van der Waals surface area contributed by atoms with Gasteiger partial charge in [-0.1, -0.05) is 6.07 Å². The Balaban J connectivity index is 2.09. The maximum Gasteiger partial charge on any atom is 0.212 e. The van der Waals surface area contributed by atoms with Crippen molar-refractivity contribution in [3.63, 3.8) is 0 Å². The third kappa shape index (κ3) is 3.67. The Morgan fingerprint density at radius 2 is 2.10 bits per heavy atom. The van der Waals surface area contributed by atoms with Crippen LogP contribution in [0.2, 0.25) is 0 Å². The molecule has 1 aromatic carbocycles. The van der Waals surface area contributed by atoms with Crippen molar-refractivity contribution in [1.29, 1.82) is 0 Å². The van der Waals surface area contributed by atoms with Gasteiger partial charge in [-0.25, -0.2) is 0 Å². The Morgan fingerprint density at radius 1 is 1.25 bits per heavy atom. The second-order valence-corrected chi connectivity index (χ2v) is 4.23. The van der Waals surface area contributed by atoms with Crippen molar-refractivity contribution in [1.82, 2.24) is 25.5 Å². The molecule has 20 heavy (non-hydrogen) atoms. The summed E-state index contributed by atoms with van der Waals surface area (Å²) in [6, 6.07) is 5.87. The van der Waals surface area contributed by atoms with Gasteiger partial charge in [-0.15, -0.1) is 10.2 Å². The minimum absolute atomic E-state index is 0.263. The predicted molar refractivity (Wildman–Crippen MR) is 73.5 cm³/mol. The van der Waals surface area contributed by atoms with Gasteiger partial charge in [-0.05, 0) is 36.9 Å². The highest BCUT2D eigenvalue weighted by molar-refractivity contribution is 5.43. The average molecular weight is 277 g/mol. The first kappa shape index (κ1) is 14.3. The maximum absolute atomic E-state index is 5.70. The number of hydrogen-bond donors (Lipinski definition) is 1. The van der Waals surface area contributed by atoms with E-state index < -0.39 is 0 Å². The zero-order chi connectivity index (χ0) is 14.4. The second-order valence-electron chi connectivity index (χ2n) is 4.23. The summed E-state index contributed by atoms with van der Waals surface area (Å²) in [4.78, 5) is 1.40. The Morgan fingerprint density at radius 3 is 2.75 bits per heavy atom. The van der Waals surface area contributed by atoms with Crippen LogP contribution >= 0.6 is 0 Å². The van der Waals surface area contributed by atoms with E-state index in [1.807, 2.05) is 32.2 Å². The lowest BCUT2D eigenvalue weighted by Crippen LogP contribution is -2.06. The van der Waals surface area contributed by atoms with Crippen LogP contribution in [0.5, 0.6) is 11.5 Å². The lowest BCUT2D eigenvalue weighted by atomic mass is 10.2. The molecule has 1 N–H and O–H groups in total. The van der Waals surface area contributed by atoms with Crippen LogP contribution in [0.15, 0.2) is 18.2 Å².